The Morgan fingerprint density at radius 1 is 1.67 bits per heavy atom. The van der Waals surface area contributed by atoms with Crippen molar-refractivity contribution >= 4 is 21.8 Å². The molecule has 82 valence electrons. The molecule has 1 unspecified atom stereocenters. The molecule has 0 bridgehead atoms. The van der Waals surface area contributed by atoms with Crippen LogP contribution in [-0.2, 0) is 18.4 Å². The lowest BCUT2D eigenvalue weighted by molar-refractivity contribution is -0.128. The molecule has 4 nitrogen and oxygen atoms in total. The topological polar surface area (TPSA) is 38.1 Å². The first-order valence-corrected chi connectivity index (χ1v) is 6.12. The van der Waals surface area contributed by atoms with Crippen molar-refractivity contribution in [3.8, 4) is 0 Å². The Balaban J connectivity index is 2.01. The molecule has 1 amide bonds. The summed E-state index contributed by atoms with van der Waals surface area (Å²) in [6.45, 7) is 1.47. The van der Waals surface area contributed by atoms with E-state index in [-0.39, 0.29) is 5.91 Å². The summed E-state index contributed by atoms with van der Waals surface area (Å²) in [7, 11) is 1.95. The SMILES string of the molecule is Cn1ccnc1CN1CC(CBr)CC1=O. The number of aryl methyl sites for hydroxylation is 1. The van der Waals surface area contributed by atoms with E-state index >= 15 is 0 Å². The van der Waals surface area contributed by atoms with Crippen molar-refractivity contribution in [3.05, 3.63) is 18.2 Å². The number of carbonyl (C=O) groups is 1. The number of amides is 1. The molecular weight excluding hydrogens is 258 g/mol. The summed E-state index contributed by atoms with van der Waals surface area (Å²) < 4.78 is 1.95. The first-order chi connectivity index (χ1) is 7.20. The molecule has 0 saturated carbocycles. The van der Waals surface area contributed by atoms with Gasteiger partial charge in [-0.05, 0) is 5.92 Å². The van der Waals surface area contributed by atoms with Gasteiger partial charge in [0.25, 0.3) is 0 Å². The van der Waals surface area contributed by atoms with E-state index in [1.54, 1.807) is 6.20 Å². The number of imidazole rings is 1. The van der Waals surface area contributed by atoms with Crippen molar-refractivity contribution in [1.82, 2.24) is 14.5 Å². The van der Waals surface area contributed by atoms with Crippen molar-refractivity contribution in [2.75, 3.05) is 11.9 Å². The number of rotatable bonds is 3. The van der Waals surface area contributed by atoms with E-state index in [4.69, 9.17) is 0 Å². The third-order valence-electron chi connectivity index (χ3n) is 2.77. The molecule has 1 aromatic rings. The predicted octanol–water partition coefficient (Wildman–Crippen LogP) is 1.16. The molecule has 1 aliphatic rings. The van der Waals surface area contributed by atoms with Crippen LogP contribution in [0.15, 0.2) is 12.4 Å². The van der Waals surface area contributed by atoms with Gasteiger partial charge in [-0.2, -0.15) is 0 Å². The number of halogens is 1. The van der Waals surface area contributed by atoms with Gasteiger partial charge in [0.1, 0.15) is 5.82 Å². The molecule has 1 aromatic heterocycles. The second-order valence-corrected chi connectivity index (χ2v) is 4.60. The van der Waals surface area contributed by atoms with Gasteiger partial charge in [0.05, 0.1) is 6.54 Å². The van der Waals surface area contributed by atoms with Crippen molar-refractivity contribution in [2.45, 2.75) is 13.0 Å². The number of hydrogen-bond acceptors (Lipinski definition) is 2. The molecule has 0 radical (unpaired) electrons. The maximum Gasteiger partial charge on any atom is 0.223 e. The van der Waals surface area contributed by atoms with Gasteiger partial charge in [0.15, 0.2) is 0 Å². The predicted molar refractivity (Wildman–Crippen MR) is 60.5 cm³/mol. The van der Waals surface area contributed by atoms with Crippen molar-refractivity contribution in [1.29, 1.82) is 0 Å². The van der Waals surface area contributed by atoms with E-state index in [2.05, 4.69) is 20.9 Å². The lowest BCUT2D eigenvalue weighted by Gasteiger charge is -2.15. The van der Waals surface area contributed by atoms with Crippen LogP contribution in [0.25, 0.3) is 0 Å². The van der Waals surface area contributed by atoms with Crippen molar-refractivity contribution in [2.24, 2.45) is 13.0 Å². The highest BCUT2D eigenvalue weighted by atomic mass is 79.9. The summed E-state index contributed by atoms with van der Waals surface area (Å²) in [5.41, 5.74) is 0. The minimum Gasteiger partial charge on any atom is -0.337 e. The minimum atomic E-state index is 0.238. The van der Waals surface area contributed by atoms with E-state index in [0.717, 1.165) is 17.7 Å². The average molecular weight is 272 g/mol. The summed E-state index contributed by atoms with van der Waals surface area (Å²) in [6, 6.07) is 0. The third-order valence-corrected chi connectivity index (χ3v) is 3.68. The van der Waals surface area contributed by atoms with Gasteiger partial charge in [-0.1, -0.05) is 15.9 Å². The normalized spacial score (nSPS) is 21.3. The first-order valence-electron chi connectivity index (χ1n) is 5.00. The molecule has 2 heterocycles. The second-order valence-electron chi connectivity index (χ2n) is 3.95. The van der Waals surface area contributed by atoms with Crippen LogP contribution in [0.1, 0.15) is 12.2 Å². The molecule has 1 atom stereocenters. The van der Waals surface area contributed by atoms with Gasteiger partial charge in [0.2, 0.25) is 5.91 Å². The lowest BCUT2D eigenvalue weighted by atomic mass is 10.2. The summed E-state index contributed by atoms with van der Waals surface area (Å²) in [5, 5.41) is 0.899. The lowest BCUT2D eigenvalue weighted by Crippen LogP contribution is -2.26. The Labute approximate surface area is 97.4 Å². The second kappa shape index (κ2) is 4.35. The van der Waals surface area contributed by atoms with Crippen LogP contribution < -0.4 is 0 Å². The highest BCUT2D eigenvalue weighted by Crippen LogP contribution is 2.20. The average Bonchev–Trinajstić information content (AvgIpc) is 2.76. The fraction of sp³-hybridized carbons (Fsp3) is 0.600. The zero-order chi connectivity index (χ0) is 10.8. The van der Waals surface area contributed by atoms with Crippen LogP contribution >= 0.6 is 15.9 Å². The minimum absolute atomic E-state index is 0.238. The maximum absolute atomic E-state index is 11.6. The Morgan fingerprint density at radius 3 is 3.00 bits per heavy atom. The van der Waals surface area contributed by atoms with Gasteiger partial charge in [-0.15, -0.1) is 0 Å². The third kappa shape index (κ3) is 2.22. The van der Waals surface area contributed by atoms with Gasteiger partial charge in [-0.3, -0.25) is 4.79 Å². The number of aromatic nitrogens is 2. The number of hydrogen-bond donors (Lipinski definition) is 0. The highest BCUT2D eigenvalue weighted by Gasteiger charge is 2.29. The summed E-state index contributed by atoms with van der Waals surface area (Å²) in [4.78, 5) is 17.8. The standard InChI is InChI=1S/C10H14BrN3O/c1-13-3-2-12-9(13)7-14-6-8(5-11)4-10(14)15/h2-3,8H,4-7H2,1H3. The molecular formula is C10H14BrN3O. The molecule has 15 heavy (non-hydrogen) atoms. The Morgan fingerprint density at radius 2 is 2.47 bits per heavy atom. The summed E-state index contributed by atoms with van der Waals surface area (Å²) in [6.07, 6.45) is 4.32. The molecule has 0 spiro atoms. The largest absolute Gasteiger partial charge is 0.337 e. The quantitative estimate of drug-likeness (QED) is 0.774. The van der Waals surface area contributed by atoms with Crippen LogP contribution in [0, 0.1) is 5.92 Å². The van der Waals surface area contributed by atoms with Crippen molar-refractivity contribution in [3.63, 3.8) is 0 Å². The number of likely N-dealkylation sites (tertiary alicyclic amines) is 1. The molecule has 0 N–H and O–H groups in total. The van der Waals surface area contributed by atoms with Crippen LogP contribution in [0.3, 0.4) is 0 Å². The maximum atomic E-state index is 11.6. The molecule has 1 saturated heterocycles. The van der Waals surface area contributed by atoms with E-state index in [1.807, 2.05) is 22.7 Å². The van der Waals surface area contributed by atoms with Crippen LogP contribution in [0.2, 0.25) is 0 Å². The van der Waals surface area contributed by atoms with Crippen LogP contribution in [0.4, 0.5) is 0 Å². The molecule has 5 heteroatoms. The smallest absolute Gasteiger partial charge is 0.223 e. The summed E-state index contributed by atoms with van der Waals surface area (Å²) >= 11 is 3.42. The highest BCUT2D eigenvalue weighted by molar-refractivity contribution is 9.09. The number of nitrogens with zero attached hydrogens (tertiary/aromatic N) is 3. The molecule has 0 aliphatic carbocycles. The molecule has 0 aromatic carbocycles. The molecule has 1 fully saturated rings. The van der Waals surface area contributed by atoms with Gasteiger partial charge < -0.3 is 9.47 Å². The van der Waals surface area contributed by atoms with Crippen LogP contribution in [-0.4, -0.2) is 32.2 Å². The van der Waals surface area contributed by atoms with E-state index in [0.29, 0.717) is 18.9 Å². The van der Waals surface area contributed by atoms with E-state index in [9.17, 15) is 4.79 Å². The van der Waals surface area contributed by atoms with E-state index < -0.39 is 0 Å². The van der Waals surface area contributed by atoms with E-state index in [1.165, 1.54) is 0 Å². The monoisotopic (exact) mass is 271 g/mol. The first kappa shape index (κ1) is 10.7. The summed E-state index contributed by atoms with van der Waals surface area (Å²) in [5.74, 6) is 1.64. The molecule has 2 rings (SSSR count). The number of alkyl halides is 1. The van der Waals surface area contributed by atoms with Gasteiger partial charge in [0, 0.05) is 37.7 Å². The van der Waals surface area contributed by atoms with Gasteiger partial charge >= 0.3 is 0 Å². The Kier molecular flexibility index (Phi) is 3.09. The van der Waals surface area contributed by atoms with Crippen LogP contribution in [0.5, 0.6) is 0 Å². The molecule has 1 aliphatic heterocycles. The number of carbonyl (C=O) groups excluding carboxylic acids is 1. The van der Waals surface area contributed by atoms with Crippen molar-refractivity contribution < 1.29 is 4.79 Å². The Hall–Kier alpha value is -0.840. The Bertz CT molecular complexity index is 363. The fourth-order valence-corrected chi connectivity index (χ4v) is 2.26. The zero-order valence-electron chi connectivity index (χ0n) is 8.69. The van der Waals surface area contributed by atoms with Gasteiger partial charge in [-0.25, -0.2) is 4.98 Å². The zero-order valence-corrected chi connectivity index (χ0v) is 10.3. The fourth-order valence-electron chi connectivity index (χ4n) is 1.83.